The third-order valence-electron chi connectivity index (χ3n) is 3.04. The minimum atomic E-state index is -0.193. The number of rotatable bonds is 5. The maximum atomic E-state index is 12.2. The number of nitriles is 1. The lowest BCUT2D eigenvalue weighted by atomic mass is 10.2. The zero-order chi connectivity index (χ0) is 15.9. The van der Waals surface area contributed by atoms with Crippen LogP contribution in [0.1, 0.15) is 18.1 Å². The number of nitrogens with one attached hydrogen (secondary N) is 1. The molecule has 2 rings (SSSR count). The molecule has 1 N–H and O–H groups in total. The Labute approximate surface area is 139 Å². The topological polar surface area (TPSA) is 52.9 Å². The number of hydrogen-bond donors (Lipinski definition) is 1. The highest BCUT2D eigenvalue weighted by molar-refractivity contribution is 7.99. The van der Waals surface area contributed by atoms with E-state index in [0.717, 1.165) is 11.3 Å². The summed E-state index contributed by atoms with van der Waals surface area (Å²) in [5, 5.41) is 12.2. The predicted molar refractivity (Wildman–Crippen MR) is 92.0 cm³/mol. The molecular weight excluding hydrogens is 316 g/mol. The highest BCUT2D eigenvalue weighted by atomic mass is 35.5. The van der Waals surface area contributed by atoms with E-state index >= 15 is 0 Å². The molecule has 0 saturated carbocycles. The first-order valence-corrected chi connectivity index (χ1v) is 8.18. The van der Waals surface area contributed by atoms with Crippen LogP contribution in [-0.2, 0) is 10.5 Å². The van der Waals surface area contributed by atoms with Gasteiger partial charge in [0.15, 0.2) is 0 Å². The maximum Gasteiger partial charge on any atom is 0.237 e. The summed E-state index contributed by atoms with van der Waals surface area (Å²) in [6.07, 6.45) is 0. The fourth-order valence-corrected chi connectivity index (χ4v) is 2.76. The monoisotopic (exact) mass is 330 g/mol. The summed E-state index contributed by atoms with van der Waals surface area (Å²) in [7, 11) is 0. The van der Waals surface area contributed by atoms with Crippen LogP contribution < -0.4 is 5.32 Å². The van der Waals surface area contributed by atoms with Crippen LogP contribution in [0.5, 0.6) is 0 Å². The molecule has 0 aliphatic carbocycles. The zero-order valence-electron chi connectivity index (χ0n) is 12.0. The Morgan fingerprint density at radius 2 is 2.05 bits per heavy atom. The Morgan fingerprint density at radius 3 is 2.73 bits per heavy atom. The molecule has 1 atom stereocenters. The number of anilines is 1. The molecule has 0 spiro atoms. The Kier molecular flexibility index (Phi) is 5.88. The lowest BCUT2D eigenvalue weighted by Crippen LogP contribution is -2.22. The summed E-state index contributed by atoms with van der Waals surface area (Å²) in [6.45, 7) is 1.87. The molecule has 0 saturated heterocycles. The zero-order valence-corrected chi connectivity index (χ0v) is 13.6. The summed E-state index contributed by atoms with van der Waals surface area (Å²) in [5.41, 5.74) is 2.29. The van der Waals surface area contributed by atoms with Gasteiger partial charge in [-0.3, -0.25) is 4.79 Å². The Hall–Kier alpha value is -1.96. The Morgan fingerprint density at radius 1 is 1.32 bits per heavy atom. The molecule has 0 bridgehead atoms. The van der Waals surface area contributed by atoms with Crippen molar-refractivity contribution in [1.82, 2.24) is 0 Å². The lowest BCUT2D eigenvalue weighted by molar-refractivity contribution is -0.115. The van der Waals surface area contributed by atoms with E-state index in [4.69, 9.17) is 16.9 Å². The van der Waals surface area contributed by atoms with E-state index in [0.29, 0.717) is 16.3 Å². The lowest BCUT2D eigenvalue weighted by Gasteiger charge is -2.12. The third kappa shape index (κ3) is 4.80. The number of benzene rings is 2. The minimum absolute atomic E-state index is 0.0750. The van der Waals surface area contributed by atoms with E-state index in [2.05, 4.69) is 11.4 Å². The molecule has 2 aromatic rings. The van der Waals surface area contributed by atoms with Crippen LogP contribution in [0.2, 0.25) is 5.02 Å². The van der Waals surface area contributed by atoms with Crippen LogP contribution >= 0.6 is 23.4 Å². The van der Waals surface area contributed by atoms with Gasteiger partial charge in [0.1, 0.15) is 0 Å². The molecule has 0 radical (unpaired) electrons. The summed E-state index contributed by atoms with van der Waals surface area (Å²) >= 11 is 7.40. The third-order valence-corrected chi connectivity index (χ3v) is 4.51. The second kappa shape index (κ2) is 7.88. The SMILES string of the molecule is CC(SCc1ccc(Cl)cc1)C(=O)Nc1cccc(C#N)c1. The van der Waals surface area contributed by atoms with Gasteiger partial charge in [0.05, 0.1) is 16.9 Å². The van der Waals surface area contributed by atoms with E-state index in [1.54, 1.807) is 36.0 Å². The number of thioether (sulfide) groups is 1. The van der Waals surface area contributed by atoms with E-state index in [9.17, 15) is 4.79 Å². The molecule has 2 aromatic carbocycles. The molecule has 22 heavy (non-hydrogen) atoms. The quantitative estimate of drug-likeness (QED) is 0.879. The van der Waals surface area contributed by atoms with Crippen molar-refractivity contribution in [3.05, 3.63) is 64.7 Å². The molecule has 0 aromatic heterocycles. The summed E-state index contributed by atoms with van der Waals surface area (Å²) in [6, 6.07) is 16.5. The molecule has 0 heterocycles. The number of hydrogen-bond acceptors (Lipinski definition) is 3. The molecule has 112 valence electrons. The van der Waals surface area contributed by atoms with Crippen LogP contribution in [0.3, 0.4) is 0 Å². The number of nitrogens with zero attached hydrogens (tertiary/aromatic N) is 1. The average Bonchev–Trinajstić information content (AvgIpc) is 2.54. The highest BCUT2D eigenvalue weighted by Gasteiger charge is 2.13. The van der Waals surface area contributed by atoms with Crippen LogP contribution in [0.4, 0.5) is 5.69 Å². The first kappa shape index (κ1) is 16.4. The fraction of sp³-hybridized carbons (Fsp3) is 0.176. The van der Waals surface area contributed by atoms with Crippen molar-refractivity contribution in [2.45, 2.75) is 17.9 Å². The molecule has 0 fully saturated rings. The van der Waals surface area contributed by atoms with Gasteiger partial charge in [-0.25, -0.2) is 0 Å². The van der Waals surface area contributed by atoms with E-state index < -0.39 is 0 Å². The second-order valence-corrected chi connectivity index (χ2v) is 6.53. The number of carbonyl (C=O) groups excluding carboxylic acids is 1. The molecule has 1 unspecified atom stereocenters. The number of carbonyl (C=O) groups is 1. The van der Waals surface area contributed by atoms with Crippen molar-refractivity contribution >= 4 is 35.0 Å². The van der Waals surface area contributed by atoms with Gasteiger partial charge in [0.25, 0.3) is 0 Å². The largest absolute Gasteiger partial charge is 0.325 e. The predicted octanol–water partition coefficient (Wildman–Crippen LogP) is 4.47. The molecule has 3 nitrogen and oxygen atoms in total. The van der Waals surface area contributed by atoms with Crippen molar-refractivity contribution < 1.29 is 4.79 Å². The van der Waals surface area contributed by atoms with Gasteiger partial charge < -0.3 is 5.32 Å². The van der Waals surface area contributed by atoms with Gasteiger partial charge in [-0.05, 0) is 42.8 Å². The maximum absolute atomic E-state index is 12.2. The van der Waals surface area contributed by atoms with Crippen LogP contribution in [0.25, 0.3) is 0 Å². The van der Waals surface area contributed by atoms with E-state index in [-0.39, 0.29) is 11.2 Å². The van der Waals surface area contributed by atoms with Crippen molar-refractivity contribution in [3.63, 3.8) is 0 Å². The Balaban J connectivity index is 1.89. The average molecular weight is 331 g/mol. The second-order valence-electron chi connectivity index (χ2n) is 4.76. The summed E-state index contributed by atoms with van der Waals surface area (Å²) in [5.74, 6) is 0.665. The van der Waals surface area contributed by atoms with Crippen molar-refractivity contribution in [3.8, 4) is 6.07 Å². The van der Waals surface area contributed by atoms with Crippen LogP contribution in [0.15, 0.2) is 48.5 Å². The first-order chi connectivity index (χ1) is 10.6. The van der Waals surface area contributed by atoms with Crippen molar-refractivity contribution in [2.75, 3.05) is 5.32 Å². The molecule has 1 amide bonds. The van der Waals surface area contributed by atoms with Gasteiger partial charge in [-0.2, -0.15) is 5.26 Å². The standard InChI is InChI=1S/C17H15ClN2OS/c1-12(22-11-13-5-7-15(18)8-6-13)17(21)20-16-4-2-3-14(9-16)10-19/h2-9,12H,11H2,1H3,(H,20,21). The van der Waals surface area contributed by atoms with Gasteiger partial charge in [0.2, 0.25) is 5.91 Å². The molecule has 0 aliphatic rings. The van der Waals surface area contributed by atoms with Crippen LogP contribution in [0, 0.1) is 11.3 Å². The molecular formula is C17H15ClN2OS. The number of halogens is 1. The van der Waals surface area contributed by atoms with Crippen LogP contribution in [-0.4, -0.2) is 11.2 Å². The normalized spacial score (nSPS) is 11.5. The fourth-order valence-electron chi connectivity index (χ4n) is 1.79. The first-order valence-electron chi connectivity index (χ1n) is 6.75. The van der Waals surface area contributed by atoms with Gasteiger partial charge in [-0.1, -0.05) is 29.8 Å². The smallest absolute Gasteiger partial charge is 0.237 e. The van der Waals surface area contributed by atoms with Crippen molar-refractivity contribution in [2.24, 2.45) is 0 Å². The number of amides is 1. The summed E-state index contributed by atoms with van der Waals surface area (Å²) in [4.78, 5) is 12.2. The van der Waals surface area contributed by atoms with Gasteiger partial charge in [-0.15, -0.1) is 11.8 Å². The highest BCUT2D eigenvalue weighted by Crippen LogP contribution is 2.21. The van der Waals surface area contributed by atoms with Crippen molar-refractivity contribution in [1.29, 1.82) is 5.26 Å². The summed E-state index contributed by atoms with van der Waals surface area (Å²) < 4.78 is 0. The molecule has 0 aliphatic heterocycles. The molecule has 5 heteroatoms. The van der Waals surface area contributed by atoms with Gasteiger partial charge >= 0.3 is 0 Å². The van der Waals surface area contributed by atoms with E-state index in [1.807, 2.05) is 31.2 Å². The minimum Gasteiger partial charge on any atom is -0.325 e. The van der Waals surface area contributed by atoms with E-state index in [1.165, 1.54) is 0 Å². The Bertz CT molecular complexity index is 695. The van der Waals surface area contributed by atoms with Gasteiger partial charge in [0, 0.05) is 16.5 Å².